The highest BCUT2D eigenvalue weighted by atomic mass is 16.5. The molecule has 1 amide bonds. The Balaban J connectivity index is 1.78. The van der Waals surface area contributed by atoms with E-state index < -0.39 is 0 Å². The fourth-order valence-corrected chi connectivity index (χ4v) is 2.20. The van der Waals surface area contributed by atoms with Crippen molar-refractivity contribution in [3.05, 3.63) is 24.3 Å². The third-order valence-corrected chi connectivity index (χ3v) is 3.21. The monoisotopic (exact) mass is 278 g/mol. The van der Waals surface area contributed by atoms with Gasteiger partial charge in [-0.1, -0.05) is 0 Å². The van der Waals surface area contributed by atoms with Crippen molar-refractivity contribution in [2.75, 3.05) is 25.1 Å². The van der Waals surface area contributed by atoms with Crippen molar-refractivity contribution in [3.63, 3.8) is 0 Å². The number of ether oxygens (including phenoxy) is 2. The lowest BCUT2D eigenvalue weighted by atomic mass is 10.1. The Morgan fingerprint density at radius 2 is 2.15 bits per heavy atom. The van der Waals surface area contributed by atoms with E-state index in [9.17, 15) is 4.79 Å². The number of nitrogens with two attached hydrogens (primary N) is 1. The summed E-state index contributed by atoms with van der Waals surface area (Å²) < 4.78 is 10.9. The molecule has 0 spiro atoms. The average molecular weight is 278 g/mol. The first-order chi connectivity index (χ1) is 9.78. The molecule has 2 rings (SSSR count). The van der Waals surface area contributed by atoms with Gasteiger partial charge in [0.25, 0.3) is 0 Å². The standard InChI is InChI=1S/C15H22N2O3/c16-8-10-20-13-6-4-12(5-7-13)17-15(18)11-14-3-1-2-9-19-14/h4-7,14H,1-3,8-11,16H2,(H,17,18). The van der Waals surface area contributed by atoms with Crippen LogP contribution in [0.2, 0.25) is 0 Å². The summed E-state index contributed by atoms with van der Waals surface area (Å²) in [5.74, 6) is 0.747. The van der Waals surface area contributed by atoms with Crippen molar-refractivity contribution in [1.82, 2.24) is 0 Å². The lowest BCUT2D eigenvalue weighted by Gasteiger charge is -2.21. The van der Waals surface area contributed by atoms with Crippen molar-refractivity contribution >= 4 is 11.6 Å². The molecular weight excluding hydrogens is 256 g/mol. The number of benzene rings is 1. The summed E-state index contributed by atoms with van der Waals surface area (Å²) in [6, 6.07) is 7.29. The minimum Gasteiger partial charge on any atom is -0.492 e. The van der Waals surface area contributed by atoms with Gasteiger partial charge in [0.15, 0.2) is 0 Å². The molecule has 0 saturated carbocycles. The molecule has 1 fully saturated rings. The van der Waals surface area contributed by atoms with Gasteiger partial charge in [0.1, 0.15) is 12.4 Å². The highest BCUT2D eigenvalue weighted by molar-refractivity contribution is 5.91. The summed E-state index contributed by atoms with van der Waals surface area (Å²) in [4.78, 5) is 11.9. The van der Waals surface area contributed by atoms with E-state index in [1.165, 1.54) is 0 Å². The molecule has 1 aromatic carbocycles. The van der Waals surface area contributed by atoms with Gasteiger partial charge in [-0.3, -0.25) is 4.79 Å². The van der Waals surface area contributed by atoms with Crippen LogP contribution in [0.5, 0.6) is 5.75 Å². The second-order valence-corrected chi connectivity index (χ2v) is 4.90. The van der Waals surface area contributed by atoms with Crippen LogP contribution in [-0.4, -0.2) is 31.8 Å². The Morgan fingerprint density at radius 1 is 1.35 bits per heavy atom. The molecule has 1 aliphatic heterocycles. The van der Waals surface area contributed by atoms with Gasteiger partial charge in [0.05, 0.1) is 12.5 Å². The molecule has 1 saturated heterocycles. The number of carbonyl (C=O) groups excluding carboxylic acids is 1. The minimum absolute atomic E-state index is 0.00692. The fourth-order valence-electron chi connectivity index (χ4n) is 2.20. The SMILES string of the molecule is NCCOc1ccc(NC(=O)CC2CCCCO2)cc1. The van der Waals surface area contributed by atoms with Gasteiger partial charge in [0.2, 0.25) is 5.91 Å². The number of carbonyl (C=O) groups is 1. The molecule has 1 aromatic rings. The first-order valence-electron chi connectivity index (χ1n) is 7.12. The lowest BCUT2D eigenvalue weighted by molar-refractivity contribution is -0.119. The van der Waals surface area contributed by atoms with E-state index >= 15 is 0 Å². The summed E-state index contributed by atoms with van der Waals surface area (Å²) in [5, 5.41) is 2.87. The molecule has 0 bridgehead atoms. The summed E-state index contributed by atoms with van der Waals surface area (Å²) in [7, 11) is 0. The van der Waals surface area contributed by atoms with Crippen LogP contribution in [0.25, 0.3) is 0 Å². The van der Waals surface area contributed by atoms with E-state index in [4.69, 9.17) is 15.2 Å². The molecule has 0 aromatic heterocycles. The van der Waals surface area contributed by atoms with Crippen LogP contribution >= 0.6 is 0 Å². The van der Waals surface area contributed by atoms with Gasteiger partial charge in [-0.05, 0) is 43.5 Å². The Labute approximate surface area is 119 Å². The van der Waals surface area contributed by atoms with Crippen LogP contribution in [0, 0.1) is 0 Å². The summed E-state index contributed by atoms with van der Waals surface area (Å²) in [6.45, 7) is 1.75. The van der Waals surface area contributed by atoms with Crippen molar-refractivity contribution in [2.24, 2.45) is 5.73 Å². The predicted octanol–water partition coefficient (Wildman–Crippen LogP) is 1.92. The van der Waals surface area contributed by atoms with Gasteiger partial charge in [-0.15, -0.1) is 0 Å². The maximum Gasteiger partial charge on any atom is 0.226 e. The van der Waals surface area contributed by atoms with Crippen LogP contribution in [-0.2, 0) is 9.53 Å². The van der Waals surface area contributed by atoms with E-state index in [2.05, 4.69) is 5.32 Å². The van der Waals surface area contributed by atoms with Gasteiger partial charge in [0, 0.05) is 18.8 Å². The Morgan fingerprint density at radius 3 is 2.80 bits per heavy atom. The maximum atomic E-state index is 11.9. The minimum atomic E-state index is -0.00692. The first kappa shape index (κ1) is 14.8. The van der Waals surface area contributed by atoms with Crippen molar-refractivity contribution < 1.29 is 14.3 Å². The second kappa shape index (κ2) is 7.87. The van der Waals surface area contributed by atoms with Gasteiger partial charge in [-0.2, -0.15) is 0 Å². The van der Waals surface area contributed by atoms with Gasteiger partial charge < -0.3 is 20.5 Å². The predicted molar refractivity (Wildman–Crippen MR) is 77.8 cm³/mol. The highest BCUT2D eigenvalue weighted by Gasteiger charge is 2.17. The topological polar surface area (TPSA) is 73.6 Å². The quantitative estimate of drug-likeness (QED) is 0.833. The number of rotatable bonds is 6. The van der Waals surface area contributed by atoms with Gasteiger partial charge >= 0.3 is 0 Å². The van der Waals surface area contributed by atoms with Crippen LogP contribution in [0.3, 0.4) is 0 Å². The van der Waals surface area contributed by atoms with E-state index in [-0.39, 0.29) is 12.0 Å². The first-order valence-corrected chi connectivity index (χ1v) is 7.12. The van der Waals surface area contributed by atoms with E-state index in [0.29, 0.717) is 19.6 Å². The normalized spacial score (nSPS) is 18.6. The lowest BCUT2D eigenvalue weighted by Crippen LogP contribution is -2.25. The molecule has 3 N–H and O–H groups in total. The van der Waals surface area contributed by atoms with Crippen LogP contribution in [0.1, 0.15) is 25.7 Å². The highest BCUT2D eigenvalue weighted by Crippen LogP contribution is 2.18. The number of anilines is 1. The molecule has 1 atom stereocenters. The summed E-state index contributed by atoms with van der Waals surface area (Å²) >= 11 is 0. The molecule has 20 heavy (non-hydrogen) atoms. The summed E-state index contributed by atoms with van der Waals surface area (Å²) in [6.07, 6.45) is 3.70. The van der Waals surface area contributed by atoms with Gasteiger partial charge in [-0.25, -0.2) is 0 Å². The molecule has 110 valence electrons. The number of hydrogen-bond acceptors (Lipinski definition) is 4. The number of nitrogens with one attached hydrogen (secondary N) is 1. The number of amides is 1. The zero-order chi connectivity index (χ0) is 14.2. The molecule has 0 aliphatic carbocycles. The molecule has 1 heterocycles. The van der Waals surface area contributed by atoms with Crippen molar-refractivity contribution in [3.8, 4) is 5.75 Å². The molecule has 5 nitrogen and oxygen atoms in total. The van der Waals surface area contributed by atoms with Crippen molar-refractivity contribution in [2.45, 2.75) is 31.8 Å². The van der Waals surface area contributed by atoms with Crippen LogP contribution in [0.15, 0.2) is 24.3 Å². The molecular formula is C15H22N2O3. The Hall–Kier alpha value is -1.59. The zero-order valence-electron chi connectivity index (χ0n) is 11.6. The molecule has 5 heteroatoms. The average Bonchev–Trinajstić information content (AvgIpc) is 2.47. The number of hydrogen-bond donors (Lipinski definition) is 2. The van der Waals surface area contributed by atoms with E-state index in [0.717, 1.165) is 37.3 Å². The molecule has 0 radical (unpaired) electrons. The smallest absolute Gasteiger partial charge is 0.226 e. The Kier molecular flexibility index (Phi) is 5.83. The van der Waals surface area contributed by atoms with E-state index in [1.54, 1.807) is 0 Å². The maximum absolute atomic E-state index is 11.9. The molecule has 1 unspecified atom stereocenters. The summed E-state index contributed by atoms with van der Waals surface area (Å²) in [5.41, 5.74) is 6.14. The third-order valence-electron chi connectivity index (χ3n) is 3.21. The van der Waals surface area contributed by atoms with E-state index in [1.807, 2.05) is 24.3 Å². The second-order valence-electron chi connectivity index (χ2n) is 4.90. The molecule has 1 aliphatic rings. The van der Waals surface area contributed by atoms with Crippen molar-refractivity contribution in [1.29, 1.82) is 0 Å². The largest absolute Gasteiger partial charge is 0.492 e. The van der Waals surface area contributed by atoms with Crippen LogP contribution in [0.4, 0.5) is 5.69 Å². The Bertz CT molecular complexity index is 414. The fraction of sp³-hybridized carbons (Fsp3) is 0.533. The zero-order valence-corrected chi connectivity index (χ0v) is 11.6. The van der Waals surface area contributed by atoms with Crippen LogP contribution < -0.4 is 15.8 Å². The third kappa shape index (κ3) is 4.83.